The molecule has 0 N–H and O–H groups in total. The molecular formula is C18H21. The van der Waals surface area contributed by atoms with E-state index >= 15 is 0 Å². The smallest absolute Gasteiger partial charge is 0.0120 e. The zero-order valence-corrected chi connectivity index (χ0v) is 12.0. The Labute approximate surface area is 111 Å². The Morgan fingerprint density at radius 2 is 1.67 bits per heavy atom. The Balaban J connectivity index is 2.64. The second-order valence-electron chi connectivity index (χ2n) is 6.03. The third-order valence-electron chi connectivity index (χ3n) is 3.28. The molecule has 0 nitrogen and oxygen atoms in total. The van der Waals surface area contributed by atoms with Crippen molar-refractivity contribution in [1.82, 2.24) is 0 Å². The van der Waals surface area contributed by atoms with Crippen molar-refractivity contribution in [2.24, 2.45) is 0 Å². The van der Waals surface area contributed by atoms with Crippen LogP contribution in [0.15, 0.2) is 36.4 Å². The molecule has 0 heteroatoms. The van der Waals surface area contributed by atoms with Crippen molar-refractivity contribution in [2.45, 2.75) is 40.0 Å². The summed E-state index contributed by atoms with van der Waals surface area (Å²) in [4.78, 5) is 0. The van der Waals surface area contributed by atoms with Crippen LogP contribution < -0.4 is 0 Å². The monoisotopic (exact) mass is 237 g/mol. The zero-order valence-electron chi connectivity index (χ0n) is 12.0. The van der Waals surface area contributed by atoms with Crippen LogP contribution in [0, 0.1) is 19.9 Å². The Kier molecular flexibility index (Phi) is 3.30. The lowest BCUT2D eigenvalue weighted by molar-refractivity contribution is 0.591. The molecule has 93 valence electrons. The maximum absolute atomic E-state index is 3.42. The second-order valence-corrected chi connectivity index (χ2v) is 6.03. The molecular weight excluding hydrogens is 216 g/mol. The molecule has 0 aliphatic rings. The number of benzene rings is 2. The topological polar surface area (TPSA) is 0 Å². The molecule has 0 aliphatic heterocycles. The van der Waals surface area contributed by atoms with Gasteiger partial charge in [0.15, 0.2) is 0 Å². The molecule has 0 aromatic heterocycles. The summed E-state index contributed by atoms with van der Waals surface area (Å²) >= 11 is 0. The Morgan fingerprint density at radius 3 is 2.28 bits per heavy atom. The van der Waals surface area contributed by atoms with E-state index in [9.17, 15) is 0 Å². The van der Waals surface area contributed by atoms with Crippen LogP contribution in [0.3, 0.4) is 0 Å². The van der Waals surface area contributed by atoms with Crippen LogP contribution in [0.2, 0.25) is 0 Å². The second kappa shape index (κ2) is 4.61. The van der Waals surface area contributed by atoms with E-state index in [1.54, 1.807) is 0 Å². The fourth-order valence-corrected chi connectivity index (χ4v) is 2.40. The summed E-state index contributed by atoms with van der Waals surface area (Å²) in [6.07, 6.45) is 0. The molecule has 18 heavy (non-hydrogen) atoms. The fraction of sp³-hybridized carbons (Fsp3) is 0.333. The van der Waals surface area contributed by atoms with Gasteiger partial charge in [0, 0.05) is 0 Å². The van der Waals surface area contributed by atoms with Gasteiger partial charge in [-0.2, -0.15) is 0 Å². The van der Waals surface area contributed by atoms with E-state index in [1.165, 1.54) is 27.8 Å². The van der Waals surface area contributed by atoms with E-state index in [-0.39, 0.29) is 5.41 Å². The molecule has 2 aromatic rings. The number of hydrogen-bond donors (Lipinski definition) is 0. The lowest BCUT2D eigenvalue weighted by Crippen LogP contribution is -2.13. The summed E-state index contributed by atoms with van der Waals surface area (Å²) in [5, 5.41) is 0. The quantitative estimate of drug-likeness (QED) is 0.649. The largest absolute Gasteiger partial charge is 0.0610 e. The normalized spacial score (nSPS) is 11.6. The molecule has 0 saturated carbocycles. The van der Waals surface area contributed by atoms with Crippen LogP contribution >= 0.6 is 0 Å². The van der Waals surface area contributed by atoms with E-state index < -0.39 is 0 Å². The van der Waals surface area contributed by atoms with Gasteiger partial charge in [-0.25, -0.2) is 0 Å². The minimum atomic E-state index is 0.119. The highest BCUT2D eigenvalue weighted by Gasteiger charge is 2.19. The SMILES string of the molecule is Cc1ccc(-c2ccc[c]c2C(C)(C)C)c(C)c1. The highest BCUT2D eigenvalue weighted by atomic mass is 14.2. The predicted octanol–water partition coefficient (Wildman–Crippen LogP) is 5.07. The molecule has 0 atom stereocenters. The third kappa shape index (κ3) is 2.48. The number of rotatable bonds is 1. The Morgan fingerprint density at radius 1 is 0.944 bits per heavy atom. The van der Waals surface area contributed by atoms with Gasteiger partial charge in [-0.3, -0.25) is 0 Å². The first kappa shape index (κ1) is 12.9. The summed E-state index contributed by atoms with van der Waals surface area (Å²) in [5.41, 5.74) is 6.68. The molecule has 0 saturated heterocycles. The minimum Gasteiger partial charge on any atom is -0.0610 e. The first-order chi connectivity index (χ1) is 8.39. The van der Waals surface area contributed by atoms with Crippen molar-refractivity contribution in [3.63, 3.8) is 0 Å². The van der Waals surface area contributed by atoms with Gasteiger partial charge >= 0.3 is 0 Å². The predicted molar refractivity (Wildman–Crippen MR) is 78.9 cm³/mol. The van der Waals surface area contributed by atoms with Crippen molar-refractivity contribution < 1.29 is 0 Å². The summed E-state index contributed by atoms with van der Waals surface area (Å²) in [7, 11) is 0. The molecule has 2 aromatic carbocycles. The van der Waals surface area contributed by atoms with Crippen molar-refractivity contribution in [3.8, 4) is 11.1 Å². The van der Waals surface area contributed by atoms with Crippen LogP contribution in [-0.4, -0.2) is 0 Å². The summed E-state index contributed by atoms with van der Waals surface area (Å²) < 4.78 is 0. The molecule has 2 rings (SSSR count). The van der Waals surface area contributed by atoms with Gasteiger partial charge in [0.05, 0.1) is 0 Å². The van der Waals surface area contributed by atoms with Crippen molar-refractivity contribution in [1.29, 1.82) is 0 Å². The summed E-state index contributed by atoms with van der Waals surface area (Å²) in [6.45, 7) is 11.0. The van der Waals surface area contributed by atoms with Crippen molar-refractivity contribution in [2.75, 3.05) is 0 Å². The van der Waals surface area contributed by atoms with E-state index in [0.29, 0.717) is 0 Å². The Hall–Kier alpha value is -1.56. The van der Waals surface area contributed by atoms with Gasteiger partial charge in [0.1, 0.15) is 0 Å². The standard InChI is InChI=1S/C18H21/c1-13-10-11-15(14(2)12-13)16-8-6-7-9-17(16)18(3,4)5/h6-8,10-12H,1-5H3. The van der Waals surface area contributed by atoms with E-state index in [2.05, 4.69) is 71.0 Å². The highest BCUT2D eigenvalue weighted by molar-refractivity contribution is 5.71. The lowest BCUT2D eigenvalue weighted by Gasteiger charge is -2.23. The summed E-state index contributed by atoms with van der Waals surface area (Å²) in [6, 6.07) is 16.4. The van der Waals surface area contributed by atoms with Gasteiger partial charge in [0.2, 0.25) is 0 Å². The van der Waals surface area contributed by atoms with Crippen LogP contribution in [0.1, 0.15) is 37.5 Å². The summed E-state index contributed by atoms with van der Waals surface area (Å²) in [5.74, 6) is 0. The van der Waals surface area contributed by atoms with Gasteiger partial charge in [-0.1, -0.05) is 62.7 Å². The van der Waals surface area contributed by atoms with Crippen LogP contribution in [0.5, 0.6) is 0 Å². The first-order valence-electron chi connectivity index (χ1n) is 6.48. The Bertz CT molecular complexity index is 556. The van der Waals surface area contributed by atoms with Crippen LogP contribution in [-0.2, 0) is 5.41 Å². The van der Waals surface area contributed by atoms with Gasteiger partial charge < -0.3 is 0 Å². The molecule has 0 unspecified atom stereocenters. The maximum Gasteiger partial charge on any atom is -0.0120 e. The molecule has 0 amide bonds. The molecule has 0 aliphatic carbocycles. The van der Waals surface area contributed by atoms with Gasteiger partial charge in [-0.15, -0.1) is 0 Å². The average molecular weight is 237 g/mol. The lowest BCUT2D eigenvalue weighted by atomic mass is 9.81. The maximum atomic E-state index is 3.42. The molecule has 0 bridgehead atoms. The first-order valence-corrected chi connectivity index (χ1v) is 6.48. The molecule has 0 fully saturated rings. The van der Waals surface area contributed by atoms with Gasteiger partial charge in [-0.05, 0) is 47.6 Å². The number of hydrogen-bond acceptors (Lipinski definition) is 0. The zero-order chi connectivity index (χ0) is 13.3. The van der Waals surface area contributed by atoms with Crippen LogP contribution in [0.4, 0.5) is 0 Å². The van der Waals surface area contributed by atoms with E-state index in [0.717, 1.165) is 0 Å². The fourth-order valence-electron chi connectivity index (χ4n) is 2.40. The molecule has 0 spiro atoms. The highest BCUT2D eigenvalue weighted by Crippen LogP contribution is 2.34. The third-order valence-corrected chi connectivity index (χ3v) is 3.28. The molecule has 1 radical (unpaired) electrons. The van der Waals surface area contributed by atoms with Crippen molar-refractivity contribution >= 4 is 0 Å². The van der Waals surface area contributed by atoms with E-state index in [1.807, 2.05) is 6.07 Å². The van der Waals surface area contributed by atoms with Crippen molar-refractivity contribution in [3.05, 3.63) is 59.2 Å². The molecule has 0 heterocycles. The minimum absolute atomic E-state index is 0.119. The van der Waals surface area contributed by atoms with Crippen LogP contribution in [0.25, 0.3) is 11.1 Å². The number of aryl methyl sites for hydroxylation is 2. The van der Waals surface area contributed by atoms with Gasteiger partial charge in [0.25, 0.3) is 0 Å². The average Bonchev–Trinajstić information content (AvgIpc) is 2.28. The van der Waals surface area contributed by atoms with E-state index in [4.69, 9.17) is 0 Å².